The molecule has 1 fully saturated rings. The van der Waals surface area contributed by atoms with E-state index in [1.807, 2.05) is 12.1 Å². The van der Waals surface area contributed by atoms with E-state index in [4.69, 9.17) is 4.74 Å². The summed E-state index contributed by atoms with van der Waals surface area (Å²) in [6.07, 6.45) is 3.14. The van der Waals surface area contributed by atoms with Crippen molar-refractivity contribution >= 4 is 10.0 Å². The molecule has 0 aromatic heterocycles. The molecular formula is C16H26N2O3S. The molecule has 0 bridgehead atoms. The zero-order chi connectivity index (χ0) is 16.2. The van der Waals surface area contributed by atoms with E-state index in [2.05, 4.69) is 24.4 Å². The van der Waals surface area contributed by atoms with Crippen molar-refractivity contribution in [1.82, 2.24) is 9.62 Å². The SMILES string of the molecule is CC[C@H]1CN(S(C)(=O)=O)CC[C@H]1NCc1ccc(OC)cc1. The molecule has 1 aromatic carbocycles. The average molecular weight is 326 g/mol. The quantitative estimate of drug-likeness (QED) is 0.867. The van der Waals surface area contributed by atoms with Crippen LogP contribution in [0.15, 0.2) is 24.3 Å². The molecule has 0 amide bonds. The van der Waals surface area contributed by atoms with Gasteiger partial charge in [-0.2, -0.15) is 0 Å². The summed E-state index contributed by atoms with van der Waals surface area (Å²) >= 11 is 0. The molecule has 1 N–H and O–H groups in total. The van der Waals surface area contributed by atoms with Gasteiger partial charge in [0.05, 0.1) is 13.4 Å². The standard InChI is InChI=1S/C16H26N2O3S/c1-4-14-12-18(22(3,19)20)10-9-16(14)17-11-13-5-7-15(21-2)8-6-13/h5-8,14,16-17H,4,9-12H2,1-3H3/t14-,16+/m0/s1. The van der Waals surface area contributed by atoms with Gasteiger partial charge in [0, 0.05) is 25.7 Å². The minimum absolute atomic E-state index is 0.363. The summed E-state index contributed by atoms with van der Waals surface area (Å²) in [5.74, 6) is 1.22. The zero-order valence-electron chi connectivity index (χ0n) is 13.6. The number of hydrogen-bond donors (Lipinski definition) is 1. The van der Waals surface area contributed by atoms with Crippen molar-refractivity contribution < 1.29 is 13.2 Å². The Hall–Kier alpha value is -1.11. The van der Waals surface area contributed by atoms with Crippen molar-refractivity contribution in [2.24, 2.45) is 5.92 Å². The summed E-state index contributed by atoms with van der Waals surface area (Å²) < 4.78 is 30.1. The molecule has 5 nitrogen and oxygen atoms in total. The van der Waals surface area contributed by atoms with E-state index >= 15 is 0 Å². The Morgan fingerprint density at radius 3 is 2.55 bits per heavy atom. The number of hydrogen-bond acceptors (Lipinski definition) is 4. The van der Waals surface area contributed by atoms with E-state index in [0.717, 1.165) is 25.1 Å². The number of ether oxygens (including phenoxy) is 1. The van der Waals surface area contributed by atoms with E-state index in [9.17, 15) is 8.42 Å². The zero-order valence-corrected chi connectivity index (χ0v) is 14.4. The molecule has 1 aromatic rings. The van der Waals surface area contributed by atoms with Gasteiger partial charge in [-0.25, -0.2) is 12.7 Å². The first-order valence-corrected chi connectivity index (χ1v) is 9.60. The number of methoxy groups -OCH3 is 1. The monoisotopic (exact) mass is 326 g/mol. The van der Waals surface area contributed by atoms with Crippen molar-refractivity contribution in [2.75, 3.05) is 26.5 Å². The molecule has 0 saturated carbocycles. The van der Waals surface area contributed by atoms with Gasteiger partial charge in [0.1, 0.15) is 5.75 Å². The van der Waals surface area contributed by atoms with Crippen LogP contribution < -0.4 is 10.1 Å². The predicted molar refractivity (Wildman–Crippen MR) is 88.4 cm³/mol. The molecule has 0 aliphatic carbocycles. The van der Waals surface area contributed by atoms with E-state index in [1.54, 1.807) is 11.4 Å². The number of nitrogens with one attached hydrogen (secondary N) is 1. The predicted octanol–water partition coefficient (Wildman–Crippen LogP) is 1.84. The van der Waals surface area contributed by atoms with Crippen LogP contribution >= 0.6 is 0 Å². The fourth-order valence-corrected chi connectivity index (χ4v) is 3.87. The summed E-state index contributed by atoms with van der Waals surface area (Å²) in [7, 11) is -1.41. The minimum atomic E-state index is -3.08. The van der Waals surface area contributed by atoms with E-state index in [0.29, 0.717) is 25.0 Å². The summed E-state index contributed by atoms with van der Waals surface area (Å²) in [6, 6.07) is 8.39. The lowest BCUT2D eigenvalue weighted by Gasteiger charge is -2.37. The van der Waals surface area contributed by atoms with Gasteiger partial charge in [0.15, 0.2) is 0 Å². The summed E-state index contributed by atoms with van der Waals surface area (Å²) in [5, 5.41) is 3.59. The van der Waals surface area contributed by atoms with Gasteiger partial charge in [0.25, 0.3) is 0 Å². The van der Waals surface area contributed by atoms with Crippen LogP contribution in [0, 0.1) is 5.92 Å². The maximum Gasteiger partial charge on any atom is 0.211 e. The molecule has 22 heavy (non-hydrogen) atoms. The van der Waals surface area contributed by atoms with Crippen LogP contribution in [0.5, 0.6) is 5.75 Å². The molecule has 2 atom stereocenters. The molecule has 1 saturated heterocycles. The normalized spacial score (nSPS) is 23.4. The maximum absolute atomic E-state index is 11.7. The topological polar surface area (TPSA) is 58.6 Å². The highest BCUT2D eigenvalue weighted by molar-refractivity contribution is 7.88. The van der Waals surface area contributed by atoms with Crippen LogP contribution in [0.25, 0.3) is 0 Å². The Morgan fingerprint density at radius 2 is 2.00 bits per heavy atom. The molecule has 0 unspecified atom stereocenters. The van der Waals surface area contributed by atoms with Crippen LogP contribution in [0.1, 0.15) is 25.3 Å². The molecule has 6 heteroatoms. The smallest absolute Gasteiger partial charge is 0.211 e. The molecule has 1 heterocycles. The third-order valence-corrected chi connectivity index (χ3v) is 5.69. The van der Waals surface area contributed by atoms with Gasteiger partial charge in [-0.05, 0) is 30.0 Å². The van der Waals surface area contributed by atoms with Crippen LogP contribution in [-0.4, -0.2) is 45.2 Å². The summed E-state index contributed by atoms with van der Waals surface area (Å²) in [6.45, 7) is 4.15. The number of nitrogens with zero attached hydrogens (tertiary/aromatic N) is 1. The summed E-state index contributed by atoms with van der Waals surface area (Å²) in [5.41, 5.74) is 1.21. The maximum atomic E-state index is 11.7. The van der Waals surface area contributed by atoms with Crippen molar-refractivity contribution in [2.45, 2.75) is 32.4 Å². The van der Waals surface area contributed by atoms with Gasteiger partial charge in [-0.15, -0.1) is 0 Å². The number of piperidine rings is 1. The summed E-state index contributed by atoms with van der Waals surface area (Å²) in [4.78, 5) is 0. The lowest BCUT2D eigenvalue weighted by atomic mass is 9.91. The van der Waals surface area contributed by atoms with Gasteiger partial charge in [0.2, 0.25) is 10.0 Å². The first-order valence-electron chi connectivity index (χ1n) is 7.75. The molecule has 1 aliphatic rings. The third kappa shape index (κ3) is 4.44. The molecule has 1 aliphatic heterocycles. The van der Waals surface area contributed by atoms with Crippen LogP contribution in [0.3, 0.4) is 0 Å². The number of sulfonamides is 1. The Morgan fingerprint density at radius 1 is 1.32 bits per heavy atom. The molecular weight excluding hydrogens is 300 g/mol. The van der Waals surface area contributed by atoms with Crippen LogP contribution in [-0.2, 0) is 16.6 Å². The molecule has 0 radical (unpaired) electrons. The van der Waals surface area contributed by atoms with E-state index in [1.165, 1.54) is 11.8 Å². The minimum Gasteiger partial charge on any atom is -0.497 e. The Kier molecular flexibility index (Phi) is 5.83. The van der Waals surface area contributed by atoms with Crippen LogP contribution in [0.2, 0.25) is 0 Å². The lowest BCUT2D eigenvalue weighted by molar-refractivity contribution is 0.202. The molecule has 2 rings (SSSR count). The fraction of sp³-hybridized carbons (Fsp3) is 0.625. The lowest BCUT2D eigenvalue weighted by Crippen LogP contribution is -2.50. The first-order chi connectivity index (χ1) is 10.4. The second kappa shape index (κ2) is 7.44. The van der Waals surface area contributed by atoms with Crippen molar-refractivity contribution in [1.29, 1.82) is 0 Å². The first kappa shape index (κ1) is 17.2. The van der Waals surface area contributed by atoms with Crippen LogP contribution in [0.4, 0.5) is 0 Å². The van der Waals surface area contributed by atoms with Crippen molar-refractivity contribution in [3.05, 3.63) is 29.8 Å². The van der Waals surface area contributed by atoms with Crippen molar-refractivity contribution in [3.8, 4) is 5.75 Å². The van der Waals surface area contributed by atoms with E-state index in [-0.39, 0.29) is 0 Å². The Labute approximate surface area is 133 Å². The Bertz CT molecular complexity index is 572. The Balaban J connectivity index is 1.92. The third-order valence-electron chi connectivity index (χ3n) is 4.42. The van der Waals surface area contributed by atoms with Gasteiger partial charge < -0.3 is 10.1 Å². The molecule has 0 spiro atoms. The fourth-order valence-electron chi connectivity index (χ4n) is 2.97. The van der Waals surface area contributed by atoms with Gasteiger partial charge >= 0.3 is 0 Å². The van der Waals surface area contributed by atoms with Crippen molar-refractivity contribution in [3.63, 3.8) is 0 Å². The van der Waals surface area contributed by atoms with Gasteiger partial charge in [-0.3, -0.25) is 0 Å². The number of benzene rings is 1. The van der Waals surface area contributed by atoms with Gasteiger partial charge in [-0.1, -0.05) is 25.5 Å². The number of rotatable bonds is 6. The second-order valence-corrected chi connectivity index (χ2v) is 7.90. The highest BCUT2D eigenvalue weighted by Crippen LogP contribution is 2.22. The second-order valence-electron chi connectivity index (χ2n) is 5.91. The largest absolute Gasteiger partial charge is 0.497 e. The average Bonchev–Trinajstić information content (AvgIpc) is 2.52. The van der Waals surface area contributed by atoms with E-state index < -0.39 is 10.0 Å². The highest BCUT2D eigenvalue weighted by Gasteiger charge is 2.31. The highest BCUT2D eigenvalue weighted by atomic mass is 32.2. The molecule has 124 valence electrons.